The molecule has 0 bridgehead atoms. The molecule has 1 fully saturated rings. The third-order valence-electron chi connectivity index (χ3n) is 4.04. The van der Waals surface area contributed by atoms with Crippen LogP contribution in [0, 0.1) is 5.82 Å². The van der Waals surface area contributed by atoms with Gasteiger partial charge in [-0.25, -0.2) is 9.37 Å². The lowest BCUT2D eigenvalue weighted by Crippen LogP contribution is -2.33. The average molecular weight is 400 g/mol. The van der Waals surface area contributed by atoms with Crippen molar-refractivity contribution in [2.45, 2.75) is 0 Å². The third-order valence-corrected chi connectivity index (χ3v) is 4.98. The number of anilines is 4. The lowest BCUT2D eigenvalue weighted by Gasteiger charge is -2.27. The van der Waals surface area contributed by atoms with Gasteiger partial charge in [0, 0.05) is 30.3 Å². The third kappa shape index (κ3) is 4.39. The van der Waals surface area contributed by atoms with Crippen molar-refractivity contribution in [3.05, 3.63) is 54.3 Å². The molecule has 28 heavy (non-hydrogen) atoms. The van der Waals surface area contributed by atoms with Crippen molar-refractivity contribution in [1.29, 1.82) is 0 Å². The van der Waals surface area contributed by atoms with Gasteiger partial charge in [-0.2, -0.15) is 11.8 Å². The summed E-state index contributed by atoms with van der Waals surface area (Å²) in [4.78, 5) is 18.9. The monoisotopic (exact) mass is 400 g/mol. The van der Waals surface area contributed by atoms with Crippen LogP contribution in [0.15, 0.2) is 47.0 Å². The molecule has 1 amide bonds. The Bertz CT molecular complexity index is 959. The highest BCUT2D eigenvalue weighted by Gasteiger charge is 2.16. The van der Waals surface area contributed by atoms with Crippen molar-refractivity contribution >= 4 is 40.9 Å². The fraction of sp³-hybridized carbons (Fsp3) is 0.222. The molecule has 1 aliphatic rings. The van der Waals surface area contributed by atoms with Crippen LogP contribution in [0.1, 0.15) is 10.7 Å². The summed E-state index contributed by atoms with van der Waals surface area (Å²) >= 11 is 1.93. The van der Waals surface area contributed by atoms with E-state index in [1.165, 1.54) is 12.1 Å². The normalized spacial score (nSPS) is 14.0. The van der Waals surface area contributed by atoms with Gasteiger partial charge in [0.1, 0.15) is 11.6 Å². The Morgan fingerprint density at radius 1 is 1.14 bits per heavy atom. The van der Waals surface area contributed by atoms with Gasteiger partial charge in [-0.15, -0.1) is 5.10 Å². The molecule has 8 nitrogen and oxygen atoms in total. The molecular formula is C18H17FN6O2S. The predicted octanol–water partition coefficient (Wildman–Crippen LogP) is 3.15. The van der Waals surface area contributed by atoms with Crippen LogP contribution in [0.5, 0.6) is 0 Å². The molecule has 3 aromatic rings. The maximum atomic E-state index is 13.2. The minimum atomic E-state index is -0.552. The SMILES string of the molecule is O=C(Nc1ccc(N2CCSCC2)nc1)c1nnc(Nc2cccc(F)c2)o1. The number of hydrogen-bond donors (Lipinski definition) is 2. The number of nitrogens with one attached hydrogen (secondary N) is 2. The van der Waals surface area contributed by atoms with E-state index in [0.717, 1.165) is 30.4 Å². The van der Waals surface area contributed by atoms with E-state index in [1.807, 2.05) is 17.8 Å². The molecule has 1 aromatic carbocycles. The van der Waals surface area contributed by atoms with Crippen LogP contribution in [0.3, 0.4) is 0 Å². The Balaban J connectivity index is 1.37. The predicted molar refractivity (Wildman–Crippen MR) is 106 cm³/mol. The fourth-order valence-corrected chi connectivity index (χ4v) is 3.58. The number of thioether (sulfide) groups is 1. The summed E-state index contributed by atoms with van der Waals surface area (Å²) in [6.07, 6.45) is 1.59. The Morgan fingerprint density at radius 3 is 2.75 bits per heavy atom. The van der Waals surface area contributed by atoms with Crippen LogP contribution in [0.25, 0.3) is 0 Å². The average Bonchev–Trinajstić information content (AvgIpc) is 3.18. The number of carbonyl (C=O) groups is 1. The number of halogens is 1. The molecule has 0 atom stereocenters. The van der Waals surface area contributed by atoms with Crippen LogP contribution >= 0.6 is 11.8 Å². The van der Waals surface area contributed by atoms with E-state index in [2.05, 4.69) is 30.7 Å². The van der Waals surface area contributed by atoms with Gasteiger partial charge < -0.3 is 20.0 Å². The zero-order valence-corrected chi connectivity index (χ0v) is 15.6. The maximum Gasteiger partial charge on any atom is 0.320 e. The van der Waals surface area contributed by atoms with E-state index < -0.39 is 11.7 Å². The standard InChI is InChI=1S/C18H17FN6O2S/c19-12-2-1-3-13(10-12)22-18-24-23-17(27-18)16(26)21-14-4-5-15(20-11-14)25-6-8-28-9-7-25/h1-5,10-11H,6-9H2,(H,21,26)(H,22,24). The lowest BCUT2D eigenvalue weighted by atomic mass is 10.3. The number of rotatable bonds is 5. The first-order valence-corrected chi connectivity index (χ1v) is 9.79. The Kier molecular flexibility index (Phi) is 5.38. The van der Waals surface area contributed by atoms with Gasteiger partial charge in [0.05, 0.1) is 11.9 Å². The quantitative estimate of drug-likeness (QED) is 0.674. The molecule has 3 heterocycles. The van der Waals surface area contributed by atoms with E-state index in [9.17, 15) is 9.18 Å². The second-order valence-electron chi connectivity index (χ2n) is 6.01. The lowest BCUT2D eigenvalue weighted by molar-refractivity contribution is 0.0991. The fourth-order valence-electron chi connectivity index (χ4n) is 2.68. The molecule has 0 radical (unpaired) electrons. The van der Waals surface area contributed by atoms with Crippen LogP contribution < -0.4 is 15.5 Å². The zero-order chi connectivity index (χ0) is 19.3. The van der Waals surface area contributed by atoms with Crippen LogP contribution in [-0.4, -0.2) is 45.7 Å². The molecule has 144 valence electrons. The number of pyridine rings is 1. The summed E-state index contributed by atoms with van der Waals surface area (Å²) in [7, 11) is 0. The van der Waals surface area contributed by atoms with Gasteiger partial charge >= 0.3 is 17.8 Å². The molecular weight excluding hydrogens is 383 g/mol. The van der Waals surface area contributed by atoms with E-state index in [1.54, 1.807) is 24.4 Å². The highest BCUT2D eigenvalue weighted by molar-refractivity contribution is 7.99. The van der Waals surface area contributed by atoms with E-state index in [0.29, 0.717) is 11.4 Å². The first-order chi connectivity index (χ1) is 13.7. The largest absolute Gasteiger partial charge is 0.399 e. The minimum Gasteiger partial charge on any atom is -0.399 e. The highest BCUT2D eigenvalue weighted by Crippen LogP contribution is 2.20. The molecule has 2 aromatic heterocycles. The van der Waals surface area contributed by atoms with E-state index >= 15 is 0 Å². The molecule has 2 N–H and O–H groups in total. The van der Waals surface area contributed by atoms with Crippen LogP contribution in [0.2, 0.25) is 0 Å². The van der Waals surface area contributed by atoms with Crippen molar-refractivity contribution in [3.8, 4) is 0 Å². The van der Waals surface area contributed by atoms with Gasteiger partial charge in [0.25, 0.3) is 0 Å². The molecule has 10 heteroatoms. The topological polar surface area (TPSA) is 96.2 Å². The summed E-state index contributed by atoms with van der Waals surface area (Å²) in [5.41, 5.74) is 0.962. The summed E-state index contributed by atoms with van der Waals surface area (Å²) in [6.45, 7) is 1.93. The number of hydrogen-bond acceptors (Lipinski definition) is 8. The van der Waals surface area contributed by atoms with Crippen molar-refractivity contribution < 1.29 is 13.6 Å². The number of aromatic nitrogens is 3. The molecule has 0 saturated carbocycles. The number of nitrogens with zero attached hydrogens (tertiary/aromatic N) is 4. The highest BCUT2D eigenvalue weighted by atomic mass is 32.2. The number of amides is 1. The maximum absolute atomic E-state index is 13.2. The second kappa shape index (κ2) is 8.26. The molecule has 1 saturated heterocycles. The van der Waals surface area contributed by atoms with Crippen LogP contribution in [-0.2, 0) is 0 Å². The number of benzene rings is 1. The van der Waals surface area contributed by atoms with Crippen molar-refractivity contribution in [3.63, 3.8) is 0 Å². The van der Waals surface area contributed by atoms with E-state index in [4.69, 9.17) is 4.42 Å². The van der Waals surface area contributed by atoms with Gasteiger partial charge in [0.15, 0.2) is 0 Å². The van der Waals surface area contributed by atoms with Gasteiger partial charge in [0.2, 0.25) is 0 Å². The van der Waals surface area contributed by atoms with Crippen molar-refractivity contribution in [2.24, 2.45) is 0 Å². The smallest absolute Gasteiger partial charge is 0.320 e. The molecule has 0 spiro atoms. The summed E-state index contributed by atoms with van der Waals surface area (Å²) < 4.78 is 18.5. The summed E-state index contributed by atoms with van der Waals surface area (Å²) in [6, 6.07) is 9.43. The Hall–Kier alpha value is -3.14. The van der Waals surface area contributed by atoms with Gasteiger partial charge in [-0.1, -0.05) is 11.2 Å². The molecule has 4 rings (SSSR count). The minimum absolute atomic E-state index is 0.00723. The first kappa shape index (κ1) is 18.2. The van der Waals surface area contributed by atoms with Crippen molar-refractivity contribution in [1.82, 2.24) is 15.2 Å². The Labute approximate surface area is 164 Å². The van der Waals surface area contributed by atoms with Crippen LogP contribution in [0.4, 0.5) is 27.6 Å². The van der Waals surface area contributed by atoms with E-state index in [-0.39, 0.29) is 11.9 Å². The van der Waals surface area contributed by atoms with Crippen molar-refractivity contribution in [2.75, 3.05) is 40.1 Å². The first-order valence-electron chi connectivity index (χ1n) is 8.63. The number of carbonyl (C=O) groups excluding carboxylic acids is 1. The molecule has 0 unspecified atom stereocenters. The van der Waals surface area contributed by atoms with Gasteiger partial charge in [-0.3, -0.25) is 4.79 Å². The second-order valence-corrected chi connectivity index (χ2v) is 7.23. The zero-order valence-electron chi connectivity index (χ0n) is 14.8. The summed E-state index contributed by atoms with van der Waals surface area (Å²) in [5.74, 6) is 1.89. The molecule has 0 aliphatic carbocycles. The summed E-state index contributed by atoms with van der Waals surface area (Å²) in [5, 5.41) is 12.9. The van der Waals surface area contributed by atoms with Gasteiger partial charge in [-0.05, 0) is 30.3 Å². The Morgan fingerprint density at radius 2 is 2.00 bits per heavy atom. The molecule has 1 aliphatic heterocycles.